The van der Waals surface area contributed by atoms with E-state index in [0.29, 0.717) is 29.4 Å². The average Bonchev–Trinajstić information content (AvgIpc) is 3.32. The lowest BCUT2D eigenvalue weighted by molar-refractivity contribution is 0.101. The van der Waals surface area contributed by atoms with Crippen LogP contribution < -0.4 is 14.8 Å². The molecule has 1 aromatic heterocycles. The van der Waals surface area contributed by atoms with Crippen molar-refractivity contribution in [1.29, 1.82) is 0 Å². The highest BCUT2D eigenvalue weighted by Gasteiger charge is 2.26. The second kappa shape index (κ2) is 7.52. The summed E-state index contributed by atoms with van der Waals surface area (Å²) in [6.45, 7) is 2.76. The van der Waals surface area contributed by atoms with Crippen molar-refractivity contribution < 1.29 is 18.7 Å². The fraction of sp³-hybridized carbons (Fsp3) is 0.292. The second-order valence-electron chi connectivity index (χ2n) is 7.84. The molecule has 6 heteroatoms. The van der Waals surface area contributed by atoms with Crippen molar-refractivity contribution in [2.24, 2.45) is 0 Å². The summed E-state index contributed by atoms with van der Waals surface area (Å²) in [4.78, 5) is 13.4. The van der Waals surface area contributed by atoms with E-state index >= 15 is 0 Å². The van der Waals surface area contributed by atoms with Crippen LogP contribution in [0, 0.1) is 12.7 Å². The summed E-state index contributed by atoms with van der Waals surface area (Å²) < 4.78 is 26.2. The molecule has 30 heavy (non-hydrogen) atoms. The summed E-state index contributed by atoms with van der Waals surface area (Å²) in [6.07, 6.45) is 4.19. The standard InChI is InChI=1S/C24H23FN2O3/c1-15-19-4-2-3-5-20(19)27(13-16-6-8-17(25)9-7-16)23(15)24(28)26-18-10-11-21-22(12-18)30-14-29-21/h6-12H,2-5,13-14H2,1H3,(H,26,28). The first-order chi connectivity index (χ1) is 14.6. The Kier molecular flexibility index (Phi) is 4.69. The molecule has 0 bridgehead atoms. The maximum absolute atomic E-state index is 13.4. The number of hydrogen-bond acceptors (Lipinski definition) is 3. The monoisotopic (exact) mass is 406 g/mol. The molecule has 1 aliphatic heterocycles. The zero-order chi connectivity index (χ0) is 20.7. The number of halogens is 1. The predicted octanol–water partition coefficient (Wildman–Crippen LogP) is 4.84. The molecular weight excluding hydrogens is 383 g/mol. The molecule has 2 heterocycles. The van der Waals surface area contributed by atoms with Crippen molar-refractivity contribution in [2.75, 3.05) is 12.1 Å². The summed E-state index contributed by atoms with van der Waals surface area (Å²) in [7, 11) is 0. The van der Waals surface area contributed by atoms with Crippen molar-refractivity contribution in [2.45, 2.75) is 39.2 Å². The van der Waals surface area contributed by atoms with E-state index in [1.54, 1.807) is 24.3 Å². The number of carbonyl (C=O) groups is 1. The average molecular weight is 406 g/mol. The van der Waals surface area contributed by atoms with Crippen LogP contribution in [0.15, 0.2) is 42.5 Å². The number of rotatable bonds is 4. The van der Waals surface area contributed by atoms with Gasteiger partial charge in [-0.2, -0.15) is 0 Å². The van der Waals surface area contributed by atoms with E-state index in [-0.39, 0.29) is 18.5 Å². The van der Waals surface area contributed by atoms with Gasteiger partial charge in [0.15, 0.2) is 11.5 Å². The van der Waals surface area contributed by atoms with Gasteiger partial charge in [0.05, 0.1) is 0 Å². The highest BCUT2D eigenvalue weighted by atomic mass is 19.1. The molecule has 0 fully saturated rings. The summed E-state index contributed by atoms with van der Waals surface area (Å²) in [6, 6.07) is 11.9. The van der Waals surface area contributed by atoms with Gasteiger partial charge in [-0.25, -0.2) is 4.39 Å². The number of anilines is 1. The Balaban J connectivity index is 1.50. The first-order valence-electron chi connectivity index (χ1n) is 10.3. The molecule has 5 rings (SSSR count). The molecular formula is C24H23FN2O3. The van der Waals surface area contributed by atoms with E-state index in [0.717, 1.165) is 36.8 Å². The van der Waals surface area contributed by atoms with Crippen LogP contribution in [0.2, 0.25) is 0 Å². The lowest BCUT2D eigenvalue weighted by atomic mass is 9.95. The summed E-state index contributed by atoms with van der Waals surface area (Å²) in [5.74, 6) is 0.901. The molecule has 3 aromatic rings. The number of nitrogens with one attached hydrogen (secondary N) is 1. The number of fused-ring (bicyclic) bond motifs is 2. The zero-order valence-corrected chi connectivity index (χ0v) is 16.8. The number of amides is 1. The Labute approximate surface area is 174 Å². The summed E-state index contributed by atoms with van der Waals surface area (Å²) in [5.41, 5.74) is 5.83. The van der Waals surface area contributed by atoms with Gasteiger partial charge in [0, 0.05) is 24.0 Å². The minimum Gasteiger partial charge on any atom is -0.454 e. The van der Waals surface area contributed by atoms with E-state index in [1.807, 2.05) is 13.0 Å². The highest BCUT2D eigenvalue weighted by Crippen LogP contribution is 2.35. The van der Waals surface area contributed by atoms with Crippen LogP contribution in [0.4, 0.5) is 10.1 Å². The van der Waals surface area contributed by atoms with Gasteiger partial charge < -0.3 is 19.4 Å². The summed E-state index contributed by atoms with van der Waals surface area (Å²) in [5, 5.41) is 3.02. The van der Waals surface area contributed by atoms with Crippen molar-refractivity contribution in [3.63, 3.8) is 0 Å². The fourth-order valence-electron chi connectivity index (χ4n) is 4.48. The van der Waals surface area contributed by atoms with Crippen molar-refractivity contribution in [3.8, 4) is 11.5 Å². The Bertz CT molecular complexity index is 1120. The number of nitrogens with zero attached hydrogens (tertiary/aromatic N) is 1. The third-order valence-corrected chi connectivity index (χ3v) is 5.94. The number of benzene rings is 2. The molecule has 2 aliphatic rings. The first-order valence-corrected chi connectivity index (χ1v) is 10.3. The zero-order valence-electron chi connectivity index (χ0n) is 16.8. The van der Waals surface area contributed by atoms with E-state index < -0.39 is 0 Å². The molecule has 1 aliphatic carbocycles. The fourth-order valence-corrected chi connectivity index (χ4v) is 4.48. The molecule has 0 radical (unpaired) electrons. The Morgan fingerprint density at radius 3 is 2.67 bits per heavy atom. The van der Waals surface area contributed by atoms with Crippen LogP contribution in [0.3, 0.4) is 0 Å². The largest absolute Gasteiger partial charge is 0.454 e. The Morgan fingerprint density at radius 2 is 1.83 bits per heavy atom. The topological polar surface area (TPSA) is 52.5 Å². The smallest absolute Gasteiger partial charge is 0.272 e. The third-order valence-electron chi connectivity index (χ3n) is 5.94. The molecule has 2 aromatic carbocycles. The van der Waals surface area contributed by atoms with E-state index in [4.69, 9.17) is 9.47 Å². The van der Waals surface area contributed by atoms with Gasteiger partial charge in [-0.15, -0.1) is 0 Å². The molecule has 0 unspecified atom stereocenters. The number of hydrogen-bond donors (Lipinski definition) is 1. The normalized spacial score (nSPS) is 14.5. The maximum atomic E-state index is 13.4. The van der Waals surface area contributed by atoms with Gasteiger partial charge in [0.1, 0.15) is 11.5 Å². The van der Waals surface area contributed by atoms with Crippen molar-refractivity contribution >= 4 is 11.6 Å². The van der Waals surface area contributed by atoms with Crippen molar-refractivity contribution in [3.05, 3.63) is 76.4 Å². The van der Waals surface area contributed by atoms with E-state index in [1.165, 1.54) is 23.4 Å². The molecule has 154 valence electrons. The number of aromatic nitrogens is 1. The van der Waals surface area contributed by atoms with Gasteiger partial charge in [0.2, 0.25) is 6.79 Å². The first kappa shape index (κ1) is 18.7. The predicted molar refractivity (Wildman–Crippen MR) is 112 cm³/mol. The highest BCUT2D eigenvalue weighted by molar-refractivity contribution is 6.05. The number of carbonyl (C=O) groups excluding carboxylic acids is 1. The van der Waals surface area contributed by atoms with Gasteiger partial charge >= 0.3 is 0 Å². The molecule has 5 nitrogen and oxygen atoms in total. The lowest BCUT2D eigenvalue weighted by Gasteiger charge is -2.17. The lowest BCUT2D eigenvalue weighted by Crippen LogP contribution is -2.20. The van der Waals surface area contributed by atoms with Gasteiger partial charge in [-0.1, -0.05) is 12.1 Å². The van der Waals surface area contributed by atoms with E-state index in [2.05, 4.69) is 9.88 Å². The van der Waals surface area contributed by atoms with Crippen LogP contribution in [-0.4, -0.2) is 17.3 Å². The molecule has 1 N–H and O–H groups in total. The molecule has 0 saturated carbocycles. The SMILES string of the molecule is Cc1c2c(n(Cc3ccc(F)cc3)c1C(=O)Nc1ccc3c(c1)OCO3)CCCC2. The second-order valence-corrected chi connectivity index (χ2v) is 7.84. The molecule has 0 spiro atoms. The Hall–Kier alpha value is -3.28. The van der Waals surface area contributed by atoms with Crippen molar-refractivity contribution in [1.82, 2.24) is 4.57 Å². The van der Waals surface area contributed by atoms with Crippen LogP contribution in [0.1, 0.15) is 45.7 Å². The summed E-state index contributed by atoms with van der Waals surface area (Å²) >= 11 is 0. The van der Waals surface area contributed by atoms with Gasteiger partial charge in [-0.05, 0) is 73.6 Å². The minimum absolute atomic E-state index is 0.150. The maximum Gasteiger partial charge on any atom is 0.272 e. The minimum atomic E-state index is -0.259. The third kappa shape index (κ3) is 3.32. The van der Waals surface area contributed by atoms with Crippen LogP contribution >= 0.6 is 0 Å². The Morgan fingerprint density at radius 1 is 1.07 bits per heavy atom. The van der Waals surface area contributed by atoms with Gasteiger partial charge in [-0.3, -0.25) is 4.79 Å². The van der Waals surface area contributed by atoms with Crippen LogP contribution in [0.5, 0.6) is 11.5 Å². The van der Waals surface area contributed by atoms with E-state index in [9.17, 15) is 9.18 Å². The molecule has 1 amide bonds. The van der Waals surface area contributed by atoms with Crippen LogP contribution in [-0.2, 0) is 19.4 Å². The molecule has 0 atom stereocenters. The van der Waals surface area contributed by atoms with Crippen LogP contribution in [0.25, 0.3) is 0 Å². The molecule has 0 saturated heterocycles. The number of ether oxygens (including phenoxy) is 2. The van der Waals surface area contributed by atoms with Gasteiger partial charge in [0.25, 0.3) is 5.91 Å². The quantitative estimate of drug-likeness (QED) is 0.674.